The molecule has 1 aliphatic carbocycles. The summed E-state index contributed by atoms with van der Waals surface area (Å²) in [5.74, 6) is 0.464. The Labute approximate surface area is 119 Å². The highest BCUT2D eigenvalue weighted by Crippen LogP contribution is 2.42. The van der Waals surface area contributed by atoms with Crippen LogP contribution in [0.1, 0.15) is 37.8 Å². The lowest BCUT2D eigenvalue weighted by atomic mass is 9.88. The van der Waals surface area contributed by atoms with E-state index in [-0.39, 0.29) is 0 Å². The van der Waals surface area contributed by atoms with Gasteiger partial charge >= 0.3 is 0 Å². The van der Waals surface area contributed by atoms with Gasteiger partial charge in [0.15, 0.2) is 0 Å². The molecule has 0 amide bonds. The molecule has 0 radical (unpaired) electrons. The summed E-state index contributed by atoms with van der Waals surface area (Å²) < 4.78 is 0. The summed E-state index contributed by atoms with van der Waals surface area (Å²) in [5, 5.41) is 1.49. The minimum Gasteiger partial charge on any atom is -0.0827 e. The maximum atomic E-state index is 6.44. The van der Waals surface area contributed by atoms with Gasteiger partial charge in [-0.25, -0.2) is 0 Å². The molecule has 0 bridgehead atoms. The van der Waals surface area contributed by atoms with Crippen LogP contribution in [0, 0.1) is 12.8 Å². The van der Waals surface area contributed by atoms with Gasteiger partial charge in [0.05, 0.1) is 10.1 Å². The Kier molecular flexibility index (Phi) is 4.19. The molecule has 0 aromatic heterocycles. The molecular formula is C16H18Cl2. The van der Waals surface area contributed by atoms with E-state index in [0.717, 1.165) is 22.9 Å². The van der Waals surface area contributed by atoms with E-state index in [0.29, 0.717) is 5.92 Å². The molecule has 0 aliphatic heterocycles. The molecule has 2 rings (SSSR count). The number of aryl methyl sites for hydroxylation is 1. The molecule has 0 unspecified atom stereocenters. The molecule has 1 aromatic rings. The number of hydrogen-bond acceptors (Lipinski definition) is 0. The van der Waals surface area contributed by atoms with Crippen molar-refractivity contribution in [1.82, 2.24) is 0 Å². The lowest BCUT2D eigenvalue weighted by molar-refractivity contribution is 0.709. The molecule has 0 N–H and O–H groups in total. The van der Waals surface area contributed by atoms with E-state index in [2.05, 4.69) is 45.0 Å². The molecule has 0 heterocycles. The Bertz CT molecular complexity index is 504. The first-order chi connectivity index (χ1) is 8.50. The Morgan fingerprint density at radius 3 is 2.11 bits per heavy atom. The summed E-state index contributed by atoms with van der Waals surface area (Å²) in [6.45, 7) is 6.42. The molecule has 0 spiro atoms. The third kappa shape index (κ3) is 2.65. The van der Waals surface area contributed by atoms with Crippen LogP contribution in [0.3, 0.4) is 0 Å². The second-order valence-corrected chi connectivity index (χ2v) is 5.91. The highest BCUT2D eigenvalue weighted by Gasteiger charge is 2.21. The lowest BCUT2D eigenvalue weighted by Gasteiger charge is -2.22. The number of allylic oxidation sites excluding steroid dienone is 4. The van der Waals surface area contributed by atoms with Crippen LogP contribution in [0.15, 0.2) is 39.9 Å². The van der Waals surface area contributed by atoms with Crippen molar-refractivity contribution in [2.45, 2.75) is 33.6 Å². The van der Waals surface area contributed by atoms with Crippen LogP contribution >= 0.6 is 23.2 Å². The summed E-state index contributed by atoms with van der Waals surface area (Å²) in [6, 6.07) is 8.47. The SMILES string of the molecule is Cc1ccc(C2=C(Cl)C(Cl)=C(C(C)C)CC2)cc1. The summed E-state index contributed by atoms with van der Waals surface area (Å²) >= 11 is 12.8. The highest BCUT2D eigenvalue weighted by molar-refractivity contribution is 6.46. The van der Waals surface area contributed by atoms with Gasteiger partial charge in [-0.15, -0.1) is 0 Å². The van der Waals surface area contributed by atoms with Gasteiger partial charge < -0.3 is 0 Å². The Morgan fingerprint density at radius 2 is 1.56 bits per heavy atom. The van der Waals surface area contributed by atoms with Crippen molar-refractivity contribution in [1.29, 1.82) is 0 Å². The van der Waals surface area contributed by atoms with Gasteiger partial charge in [-0.1, -0.05) is 66.9 Å². The molecular weight excluding hydrogens is 263 g/mol. The number of rotatable bonds is 2. The molecule has 1 aliphatic rings. The summed E-state index contributed by atoms with van der Waals surface area (Å²) in [7, 11) is 0. The molecule has 0 saturated carbocycles. The normalized spacial score (nSPS) is 16.8. The minimum atomic E-state index is 0.464. The van der Waals surface area contributed by atoms with Crippen LogP contribution in [-0.4, -0.2) is 0 Å². The fraction of sp³-hybridized carbons (Fsp3) is 0.375. The van der Waals surface area contributed by atoms with Gasteiger partial charge in [0.2, 0.25) is 0 Å². The molecule has 0 saturated heterocycles. The van der Waals surface area contributed by atoms with Crippen LogP contribution in [0.4, 0.5) is 0 Å². The van der Waals surface area contributed by atoms with Crippen LogP contribution in [0.2, 0.25) is 0 Å². The van der Waals surface area contributed by atoms with Crippen LogP contribution in [0.25, 0.3) is 5.57 Å². The van der Waals surface area contributed by atoms with Gasteiger partial charge in [-0.3, -0.25) is 0 Å². The van der Waals surface area contributed by atoms with Gasteiger partial charge in [-0.2, -0.15) is 0 Å². The second kappa shape index (κ2) is 5.50. The van der Waals surface area contributed by atoms with E-state index < -0.39 is 0 Å². The summed E-state index contributed by atoms with van der Waals surface area (Å²) in [4.78, 5) is 0. The quantitative estimate of drug-likeness (QED) is 0.634. The molecule has 18 heavy (non-hydrogen) atoms. The van der Waals surface area contributed by atoms with Crippen LogP contribution in [-0.2, 0) is 0 Å². The molecule has 1 aromatic carbocycles. The maximum Gasteiger partial charge on any atom is 0.0630 e. The molecule has 0 nitrogen and oxygen atoms in total. The first kappa shape index (κ1) is 13.7. The van der Waals surface area contributed by atoms with Crippen LogP contribution in [0.5, 0.6) is 0 Å². The van der Waals surface area contributed by atoms with Gasteiger partial charge in [0.1, 0.15) is 0 Å². The predicted octanol–water partition coefficient (Wildman–Crippen LogP) is 5.89. The number of benzene rings is 1. The van der Waals surface area contributed by atoms with Crippen molar-refractivity contribution in [3.05, 3.63) is 51.0 Å². The van der Waals surface area contributed by atoms with Crippen molar-refractivity contribution in [3.63, 3.8) is 0 Å². The topological polar surface area (TPSA) is 0 Å². The minimum absolute atomic E-state index is 0.464. The largest absolute Gasteiger partial charge is 0.0827 e. The monoisotopic (exact) mass is 280 g/mol. The fourth-order valence-electron chi connectivity index (χ4n) is 2.32. The van der Waals surface area contributed by atoms with Crippen molar-refractivity contribution >= 4 is 28.8 Å². The third-order valence-corrected chi connectivity index (χ3v) is 4.43. The van der Waals surface area contributed by atoms with E-state index in [1.54, 1.807) is 0 Å². The number of halogens is 2. The highest BCUT2D eigenvalue weighted by atomic mass is 35.5. The fourth-order valence-corrected chi connectivity index (χ4v) is 3.07. The molecule has 96 valence electrons. The molecule has 2 heteroatoms. The van der Waals surface area contributed by atoms with E-state index >= 15 is 0 Å². The van der Waals surface area contributed by atoms with E-state index in [1.165, 1.54) is 22.3 Å². The Balaban J connectivity index is 2.43. The maximum absolute atomic E-state index is 6.44. The van der Waals surface area contributed by atoms with E-state index in [9.17, 15) is 0 Å². The Hall–Kier alpha value is -0.720. The smallest absolute Gasteiger partial charge is 0.0630 e. The second-order valence-electron chi connectivity index (χ2n) is 5.15. The van der Waals surface area contributed by atoms with Crippen molar-refractivity contribution in [2.24, 2.45) is 5.92 Å². The first-order valence-electron chi connectivity index (χ1n) is 6.35. The van der Waals surface area contributed by atoms with Gasteiger partial charge in [0.25, 0.3) is 0 Å². The number of hydrogen-bond donors (Lipinski definition) is 0. The predicted molar refractivity (Wildman–Crippen MR) is 80.9 cm³/mol. The van der Waals surface area contributed by atoms with Gasteiger partial charge in [0, 0.05) is 0 Å². The lowest BCUT2D eigenvalue weighted by Crippen LogP contribution is -2.04. The average molecular weight is 281 g/mol. The van der Waals surface area contributed by atoms with Crippen LogP contribution < -0.4 is 0 Å². The van der Waals surface area contributed by atoms with Gasteiger partial charge in [-0.05, 0) is 42.4 Å². The molecule has 0 atom stereocenters. The van der Waals surface area contributed by atoms with Crippen molar-refractivity contribution in [3.8, 4) is 0 Å². The zero-order valence-corrected chi connectivity index (χ0v) is 12.6. The summed E-state index contributed by atoms with van der Waals surface area (Å²) in [5.41, 5.74) is 4.89. The Morgan fingerprint density at radius 1 is 0.944 bits per heavy atom. The summed E-state index contributed by atoms with van der Waals surface area (Å²) in [6.07, 6.45) is 1.99. The van der Waals surface area contributed by atoms with E-state index in [1.807, 2.05) is 0 Å². The van der Waals surface area contributed by atoms with Crippen molar-refractivity contribution < 1.29 is 0 Å². The van der Waals surface area contributed by atoms with E-state index in [4.69, 9.17) is 23.2 Å². The zero-order valence-electron chi connectivity index (χ0n) is 11.1. The standard InChI is InChI=1S/C16H18Cl2/c1-10(2)13-8-9-14(16(18)15(13)17)12-6-4-11(3)5-7-12/h4-7,10H,8-9H2,1-3H3. The third-order valence-electron chi connectivity index (χ3n) is 3.48. The van der Waals surface area contributed by atoms with Crippen molar-refractivity contribution in [2.75, 3.05) is 0 Å². The zero-order chi connectivity index (χ0) is 13.3. The molecule has 0 fully saturated rings. The average Bonchev–Trinajstić information content (AvgIpc) is 2.33. The first-order valence-corrected chi connectivity index (χ1v) is 7.11.